The maximum atomic E-state index is 12.0. The highest BCUT2D eigenvalue weighted by Crippen LogP contribution is 2.32. The fourth-order valence-electron chi connectivity index (χ4n) is 2.87. The van der Waals surface area contributed by atoms with E-state index in [9.17, 15) is 30.0 Å². The first-order valence-electron chi connectivity index (χ1n) is 8.13. The van der Waals surface area contributed by atoms with E-state index in [0.717, 1.165) is 13.2 Å². The summed E-state index contributed by atoms with van der Waals surface area (Å²) in [4.78, 5) is 23.7. The van der Waals surface area contributed by atoms with Crippen molar-refractivity contribution >= 4 is 18.0 Å². The molecule has 0 radical (unpaired) electrons. The molecular weight excluding hydrogens is 360 g/mol. The molecule has 1 fully saturated rings. The summed E-state index contributed by atoms with van der Waals surface area (Å²) in [6.07, 6.45) is -2.61. The third-order valence-corrected chi connectivity index (χ3v) is 4.31. The number of carbonyl (C=O) groups is 2. The molecule has 0 aromatic heterocycles. The van der Waals surface area contributed by atoms with Crippen molar-refractivity contribution in [1.82, 2.24) is 0 Å². The molecule has 0 aliphatic heterocycles. The van der Waals surface area contributed by atoms with Gasteiger partial charge in [-0.1, -0.05) is 6.07 Å². The van der Waals surface area contributed by atoms with Gasteiger partial charge in [-0.25, -0.2) is 9.59 Å². The molecule has 1 aliphatic carbocycles. The van der Waals surface area contributed by atoms with E-state index < -0.39 is 48.7 Å². The maximum Gasteiger partial charge on any atom is 0.338 e. The molecule has 9 nitrogen and oxygen atoms in total. The smallest absolute Gasteiger partial charge is 0.338 e. The molecule has 0 saturated heterocycles. The van der Waals surface area contributed by atoms with Crippen LogP contribution in [0.15, 0.2) is 24.3 Å². The van der Waals surface area contributed by atoms with Gasteiger partial charge >= 0.3 is 11.9 Å². The number of aliphatic hydroxyl groups excluding tert-OH is 2. The number of hydrogen-bond acceptors (Lipinski definition) is 9. The van der Waals surface area contributed by atoms with Crippen LogP contribution >= 0.6 is 0 Å². The highest BCUT2D eigenvalue weighted by Gasteiger charge is 2.50. The van der Waals surface area contributed by atoms with Crippen molar-refractivity contribution < 1.29 is 44.2 Å². The molecular formula is C18H22O9. The molecule has 0 bridgehead atoms. The number of phenolic OH excluding ortho intramolecular Hbond substituents is 1. The number of benzene rings is 1. The van der Waals surface area contributed by atoms with Gasteiger partial charge in [0.2, 0.25) is 0 Å². The first kappa shape index (κ1) is 20.7. The van der Waals surface area contributed by atoms with Crippen LogP contribution in [-0.4, -0.2) is 70.5 Å². The van der Waals surface area contributed by atoms with Crippen molar-refractivity contribution in [3.8, 4) is 11.5 Å². The number of phenols is 1. The van der Waals surface area contributed by atoms with Gasteiger partial charge in [-0.05, 0) is 23.8 Å². The summed E-state index contributed by atoms with van der Waals surface area (Å²) < 4.78 is 14.5. The van der Waals surface area contributed by atoms with E-state index in [1.807, 2.05) is 0 Å². The minimum absolute atomic E-state index is 0.0568. The molecule has 0 amide bonds. The summed E-state index contributed by atoms with van der Waals surface area (Å²) in [6.45, 7) is 0. The third kappa shape index (κ3) is 4.76. The zero-order valence-electron chi connectivity index (χ0n) is 14.9. The molecule has 4 N–H and O–H groups in total. The van der Waals surface area contributed by atoms with Gasteiger partial charge in [0.25, 0.3) is 0 Å². The lowest BCUT2D eigenvalue weighted by Gasteiger charge is -2.39. The minimum atomic E-state index is -2.06. The summed E-state index contributed by atoms with van der Waals surface area (Å²) in [5.74, 6) is -1.67. The fourth-order valence-corrected chi connectivity index (χ4v) is 2.87. The molecule has 9 heteroatoms. The van der Waals surface area contributed by atoms with Gasteiger partial charge in [-0.15, -0.1) is 0 Å². The van der Waals surface area contributed by atoms with E-state index in [1.54, 1.807) is 0 Å². The van der Waals surface area contributed by atoms with Crippen LogP contribution in [0.1, 0.15) is 18.4 Å². The predicted octanol–water partition coefficient (Wildman–Crippen LogP) is -0.255. The van der Waals surface area contributed by atoms with Gasteiger partial charge in [0, 0.05) is 18.9 Å². The molecule has 1 saturated carbocycles. The van der Waals surface area contributed by atoms with Crippen molar-refractivity contribution in [1.29, 1.82) is 0 Å². The summed E-state index contributed by atoms with van der Waals surface area (Å²) in [5, 5.41) is 39.7. The number of aliphatic hydroxyl groups is 3. The summed E-state index contributed by atoms with van der Waals surface area (Å²) in [5.41, 5.74) is -1.52. The zero-order valence-corrected chi connectivity index (χ0v) is 14.9. The Morgan fingerprint density at radius 2 is 1.93 bits per heavy atom. The van der Waals surface area contributed by atoms with E-state index in [0.29, 0.717) is 5.56 Å². The summed E-state index contributed by atoms with van der Waals surface area (Å²) in [7, 11) is 2.46. The molecule has 1 aromatic carbocycles. The molecule has 0 heterocycles. The van der Waals surface area contributed by atoms with Gasteiger partial charge in [-0.3, -0.25) is 0 Å². The zero-order chi connectivity index (χ0) is 20.2. The normalized spacial score (nSPS) is 28.0. The molecule has 1 aromatic rings. The van der Waals surface area contributed by atoms with E-state index in [1.165, 1.54) is 31.4 Å². The fraction of sp³-hybridized carbons (Fsp3) is 0.444. The van der Waals surface area contributed by atoms with Crippen LogP contribution in [0, 0.1) is 0 Å². The predicted molar refractivity (Wildman–Crippen MR) is 91.8 cm³/mol. The van der Waals surface area contributed by atoms with Crippen molar-refractivity contribution in [2.24, 2.45) is 0 Å². The molecule has 4 atom stereocenters. The Labute approximate surface area is 155 Å². The lowest BCUT2D eigenvalue weighted by atomic mass is 9.79. The standard InChI is InChI=1S/C18H22O9/c1-25-13-7-10(3-5-11(13)19)4-6-15(21)27-14-9-18(24,17(23)26-2)8-12(20)16(14)22/h3-7,12,14,16,19-20,22,24H,8-9H2,1-2H3/b6-4+. The van der Waals surface area contributed by atoms with Crippen molar-refractivity contribution in [3.05, 3.63) is 29.8 Å². The highest BCUT2D eigenvalue weighted by atomic mass is 16.6. The number of ether oxygens (including phenoxy) is 3. The topological polar surface area (TPSA) is 143 Å². The van der Waals surface area contributed by atoms with Gasteiger partial charge in [0.1, 0.15) is 12.2 Å². The van der Waals surface area contributed by atoms with E-state index >= 15 is 0 Å². The van der Waals surface area contributed by atoms with E-state index in [2.05, 4.69) is 4.74 Å². The SMILES string of the molecule is COC(=O)C1(O)CC(O)C(O)C(OC(=O)/C=C/c2ccc(O)c(OC)c2)C1. The Kier molecular flexibility index (Phi) is 6.42. The number of esters is 2. The Morgan fingerprint density at radius 3 is 2.56 bits per heavy atom. The maximum absolute atomic E-state index is 12.0. The number of hydrogen-bond donors (Lipinski definition) is 4. The Hall–Kier alpha value is -2.62. The van der Waals surface area contributed by atoms with Crippen LogP contribution in [-0.2, 0) is 19.1 Å². The monoisotopic (exact) mass is 382 g/mol. The molecule has 2 rings (SSSR count). The highest BCUT2D eigenvalue weighted by molar-refractivity contribution is 5.87. The van der Waals surface area contributed by atoms with Gasteiger partial charge in [0.05, 0.1) is 20.3 Å². The number of rotatable bonds is 5. The van der Waals surface area contributed by atoms with Crippen LogP contribution in [0.25, 0.3) is 6.08 Å². The first-order chi connectivity index (χ1) is 12.7. The van der Waals surface area contributed by atoms with Crippen molar-refractivity contribution in [2.45, 2.75) is 36.8 Å². The Morgan fingerprint density at radius 1 is 1.22 bits per heavy atom. The van der Waals surface area contributed by atoms with E-state index in [4.69, 9.17) is 9.47 Å². The van der Waals surface area contributed by atoms with Crippen LogP contribution in [0.5, 0.6) is 11.5 Å². The van der Waals surface area contributed by atoms with Gasteiger partial charge < -0.3 is 34.6 Å². The average Bonchev–Trinajstić information content (AvgIpc) is 2.64. The largest absolute Gasteiger partial charge is 0.504 e. The second-order valence-corrected chi connectivity index (χ2v) is 6.23. The van der Waals surface area contributed by atoms with Gasteiger partial charge in [0.15, 0.2) is 17.1 Å². The average molecular weight is 382 g/mol. The second-order valence-electron chi connectivity index (χ2n) is 6.23. The van der Waals surface area contributed by atoms with E-state index in [-0.39, 0.29) is 11.5 Å². The second kappa shape index (κ2) is 8.38. The lowest BCUT2D eigenvalue weighted by molar-refractivity contribution is -0.198. The molecule has 27 heavy (non-hydrogen) atoms. The van der Waals surface area contributed by atoms with Crippen LogP contribution in [0.2, 0.25) is 0 Å². The summed E-state index contributed by atoms with van der Waals surface area (Å²) >= 11 is 0. The first-order valence-corrected chi connectivity index (χ1v) is 8.13. The van der Waals surface area contributed by atoms with Crippen LogP contribution < -0.4 is 4.74 Å². The van der Waals surface area contributed by atoms with Gasteiger partial charge in [-0.2, -0.15) is 0 Å². The molecule has 4 unspecified atom stereocenters. The Balaban J connectivity index is 2.08. The molecule has 148 valence electrons. The number of aromatic hydroxyl groups is 1. The lowest BCUT2D eigenvalue weighted by Crippen LogP contribution is -2.57. The Bertz CT molecular complexity index is 730. The number of methoxy groups -OCH3 is 2. The van der Waals surface area contributed by atoms with Crippen LogP contribution in [0.3, 0.4) is 0 Å². The molecule has 0 spiro atoms. The summed E-state index contributed by atoms with van der Waals surface area (Å²) in [6, 6.07) is 4.42. The third-order valence-electron chi connectivity index (χ3n) is 4.31. The quantitative estimate of drug-likeness (QED) is 0.400. The number of carbonyl (C=O) groups excluding carboxylic acids is 2. The van der Waals surface area contributed by atoms with Crippen molar-refractivity contribution in [3.63, 3.8) is 0 Å². The van der Waals surface area contributed by atoms with Crippen molar-refractivity contribution in [2.75, 3.05) is 14.2 Å². The molecule has 1 aliphatic rings. The van der Waals surface area contributed by atoms with Crippen LogP contribution in [0.4, 0.5) is 0 Å². The minimum Gasteiger partial charge on any atom is -0.504 e.